The minimum Gasteiger partial charge on any atom is -0.481 e. The lowest BCUT2D eigenvalue weighted by Crippen LogP contribution is -2.31. The number of aliphatic carboxylic acids is 1. The van der Waals surface area contributed by atoms with Crippen molar-refractivity contribution in [3.63, 3.8) is 0 Å². The number of primary amides is 1. The molecule has 0 bridgehead atoms. The maximum absolute atomic E-state index is 14.2. The van der Waals surface area contributed by atoms with Crippen molar-refractivity contribution >= 4 is 33.8 Å². The van der Waals surface area contributed by atoms with Crippen molar-refractivity contribution in [1.29, 1.82) is 0 Å². The molecule has 0 saturated heterocycles. The van der Waals surface area contributed by atoms with Crippen LogP contribution in [-0.2, 0) is 4.79 Å². The maximum atomic E-state index is 14.2. The number of hydrogen-bond donors (Lipinski definition) is 3. The molecule has 4 N–H and O–H groups in total. The molecule has 37 heavy (non-hydrogen) atoms. The van der Waals surface area contributed by atoms with E-state index in [0.29, 0.717) is 16.6 Å². The molecule has 188 valence electrons. The number of nitrogens with two attached hydrogens (primary N) is 1. The Labute approximate surface area is 213 Å². The van der Waals surface area contributed by atoms with Gasteiger partial charge in [0, 0.05) is 28.2 Å². The van der Waals surface area contributed by atoms with Crippen molar-refractivity contribution in [3.05, 3.63) is 105 Å². The summed E-state index contributed by atoms with van der Waals surface area (Å²) in [6.45, 7) is 6.03. The number of H-pyrrole nitrogens is 1. The second kappa shape index (κ2) is 9.13. The highest BCUT2D eigenvalue weighted by molar-refractivity contribution is 5.96. The van der Waals surface area contributed by atoms with Crippen molar-refractivity contribution in [2.75, 3.05) is 0 Å². The van der Waals surface area contributed by atoms with E-state index in [9.17, 15) is 19.5 Å². The van der Waals surface area contributed by atoms with Gasteiger partial charge in [-0.15, -0.1) is 0 Å². The van der Waals surface area contributed by atoms with Crippen LogP contribution in [0.1, 0.15) is 58.0 Å². The minimum atomic E-state index is -1.04. The number of hydrogen-bond acceptors (Lipinski definition) is 3. The van der Waals surface area contributed by atoms with Gasteiger partial charge < -0.3 is 15.8 Å². The summed E-state index contributed by atoms with van der Waals surface area (Å²) < 4.78 is 3.15. The zero-order valence-electron chi connectivity index (χ0n) is 20.9. The van der Waals surface area contributed by atoms with Crippen molar-refractivity contribution in [2.45, 2.75) is 39.3 Å². The first kappa shape index (κ1) is 24.1. The number of benzene rings is 3. The molecular formula is C29H28N4O4. The number of aromatic amines is 1. The fourth-order valence-electron chi connectivity index (χ4n) is 5.43. The monoisotopic (exact) mass is 496 g/mol. The topological polar surface area (TPSA) is 123 Å². The van der Waals surface area contributed by atoms with Crippen LogP contribution < -0.4 is 11.4 Å². The van der Waals surface area contributed by atoms with Gasteiger partial charge in [-0.05, 0) is 61.7 Å². The summed E-state index contributed by atoms with van der Waals surface area (Å²) in [7, 11) is 0. The van der Waals surface area contributed by atoms with E-state index in [1.165, 1.54) is 4.57 Å². The smallest absolute Gasteiger partial charge is 0.330 e. The molecule has 2 atom stereocenters. The fraction of sp³-hybridized carbons (Fsp3) is 0.207. The maximum Gasteiger partial charge on any atom is 0.330 e. The minimum absolute atomic E-state index is 0.242. The second-order valence-corrected chi connectivity index (χ2v) is 9.54. The van der Waals surface area contributed by atoms with Crippen LogP contribution in [0.25, 0.3) is 21.9 Å². The number of rotatable bonds is 7. The number of carboxylic acid groups (broad SMARTS) is 1. The summed E-state index contributed by atoms with van der Waals surface area (Å²) in [6, 6.07) is 16.9. The molecular weight excluding hydrogens is 468 g/mol. The van der Waals surface area contributed by atoms with Gasteiger partial charge in [-0.2, -0.15) is 0 Å². The number of carbonyl (C=O) groups is 2. The fourth-order valence-corrected chi connectivity index (χ4v) is 5.43. The average Bonchev–Trinajstić information content (AvgIpc) is 3.40. The first-order valence-electron chi connectivity index (χ1n) is 12.1. The van der Waals surface area contributed by atoms with Gasteiger partial charge in [0.05, 0.1) is 29.5 Å². The van der Waals surface area contributed by atoms with Crippen LogP contribution in [0.2, 0.25) is 0 Å². The van der Waals surface area contributed by atoms with Crippen LogP contribution in [0.5, 0.6) is 0 Å². The standard InChI is InChI=1S/C29H28N4O4/c1-16-11-17(2)27-21(15-31-22(27)12-16)18(3)32-23-10-9-20(28(30)36)13-25(23)33(29(32)37)24(14-26(34)35)19-7-5-4-6-8-19/h4-13,15,18,24,31H,14H2,1-3H3,(H2,30,36)(H,34,35). The first-order valence-corrected chi connectivity index (χ1v) is 12.1. The van der Waals surface area contributed by atoms with Crippen molar-refractivity contribution < 1.29 is 14.7 Å². The molecule has 5 aromatic rings. The van der Waals surface area contributed by atoms with Gasteiger partial charge in [0.25, 0.3) is 0 Å². The summed E-state index contributed by atoms with van der Waals surface area (Å²) in [6.07, 6.45) is 1.62. The van der Waals surface area contributed by atoms with E-state index < -0.39 is 17.9 Å². The Morgan fingerprint density at radius 3 is 2.41 bits per heavy atom. The largest absolute Gasteiger partial charge is 0.481 e. The van der Waals surface area contributed by atoms with Gasteiger partial charge >= 0.3 is 11.7 Å². The van der Waals surface area contributed by atoms with Crippen molar-refractivity contribution in [2.24, 2.45) is 5.73 Å². The molecule has 2 unspecified atom stereocenters. The molecule has 0 aliphatic heterocycles. The number of aryl methyl sites for hydroxylation is 2. The summed E-state index contributed by atoms with van der Waals surface area (Å²) in [4.78, 5) is 41.5. The van der Waals surface area contributed by atoms with E-state index in [2.05, 4.69) is 17.1 Å². The number of imidazole rings is 1. The molecule has 0 aliphatic rings. The molecule has 0 aliphatic carbocycles. The zero-order valence-corrected chi connectivity index (χ0v) is 20.9. The molecule has 8 heteroatoms. The number of carbonyl (C=O) groups excluding carboxylic acids is 1. The summed E-state index contributed by atoms with van der Waals surface area (Å²) >= 11 is 0. The Morgan fingerprint density at radius 2 is 1.73 bits per heavy atom. The third kappa shape index (κ3) is 4.10. The van der Waals surface area contributed by atoms with E-state index >= 15 is 0 Å². The van der Waals surface area contributed by atoms with Crippen LogP contribution in [0.15, 0.2) is 71.7 Å². The van der Waals surface area contributed by atoms with Gasteiger partial charge in [0.2, 0.25) is 5.91 Å². The molecule has 0 fully saturated rings. The molecule has 2 heterocycles. The normalized spacial score (nSPS) is 13.2. The third-order valence-electron chi connectivity index (χ3n) is 7.04. The van der Waals surface area contributed by atoms with Crippen LogP contribution in [-0.4, -0.2) is 31.1 Å². The Hall–Kier alpha value is -4.59. The van der Waals surface area contributed by atoms with Gasteiger partial charge in [0.15, 0.2) is 0 Å². The Bertz CT molecular complexity index is 1730. The SMILES string of the molecule is Cc1cc(C)c2c(C(C)n3c(=O)n(C(CC(=O)O)c4ccccc4)c4cc(C(N)=O)ccc43)c[nH]c2c1. The number of amides is 1. The number of carboxylic acids is 1. The van der Waals surface area contributed by atoms with Crippen LogP contribution in [0, 0.1) is 13.8 Å². The van der Waals surface area contributed by atoms with Crippen molar-refractivity contribution in [1.82, 2.24) is 14.1 Å². The Balaban J connectivity index is 1.81. The molecule has 1 amide bonds. The van der Waals surface area contributed by atoms with Crippen LogP contribution in [0.4, 0.5) is 0 Å². The molecule has 0 radical (unpaired) electrons. The number of aromatic nitrogens is 3. The quantitative estimate of drug-likeness (QED) is 0.303. The Morgan fingerprint density at radius 1 is 1.00 bits per heavy atom. The third-order valence-corrected chi connectivity index (χ3v) is 7.04. The zero-order chi connectivity index (χ0) is 26.4. The molecule has 8 nitrogen and oxygen atoms in total. The second-order valence-electron chi connectivity index (χ2n) is 9.54. The van der Waals surface area contributed by atoms with Crippen molar-refractivity contribution in [3.8, 4) is 0 Å². The summed E-state index contributed by atoms with van der Waals surface area (Å²) in [5, 5.41) is 10.8. The lowest BCUT2D eigenvalue weighted by atomic mass is 10.0. The van der Waals surface area contributed by atoms with Gasteiger partial charge in [-0.1, -0.05) is 36.4 Å². The predicted octanol–water partition coefficient (Wildman–Crippen LogP) is 4.67. The van der Waals surface area contributed by atoms with E-state index in [1.807, 2.05) is 45.2 Å². The lowest BCUT2D eigenvalue weighted by Gasteiger charge is -2.18. The number of fused-ring (bicyclic) bond motifs is 2. The first-order chi connectivity index (χ1) is 17.7. The van der Waals surface area contributed by atoms with Crippen LogP contribution in [0.3, 0.4) is 0 Å². The molecule has 3 aromatic carbocycles. The van der Waals surface area contributed by atoms with E-state index in [0.717, 1.165) is 27.6 Å². The highest BCUT2D eigenvalue weighted by Crippen LogP contribution is 2.33. The molecule has 0 spiro atoms. The average molecular weight is 497 g/mol. The van der Waals surface area contributed by atoms with Gasteiger partial charge in [0.1, 0.15) is 0 Å². The van der Waals surface area contributed by atoms with Gasteiger partial charge in [-0.3, -0.25) is 18.7 Å². The van der Waals surface area contributed by atoms with E-state index in [4.69, 9.17) is 5.73 Å². The van der Waals surface area contributed by atoms with E-state index in [-0.39, 0.29) is 23.7 Å². The highest BCUT2D eigenvalue weighted by atomic mass is 16.4. The highest BCUT2D eigenvalue weighted by Gasteiger charge is 2.28. The number of nitrogens with one attached hydrogen (secondary N) is 1. The molecule has 0 saturated carbocycles. The molecule has 2 aromatic heterocycles. The van der Waals surface area contributed by atoms with Crippen LogP contribution >= 0.6 is 0 Å². The summed E-state index contributed by atoms with van der Waals surface area (Å²) in [5.74, 6) is -1.66. The predicted molar refractivity (Wildman–Crippen MR) is 143 cm³/mol. The van der Waals surface area contributed by atoms with Gasteiger partial charge in [-0.25, -0.2) is 4.79 Å². The Kier molecular flexibility index (Phi) is 5.95. The van der Waals surface area contributed by atoms with E-state index in [1.54, 1.807) is 34.9 Å². The number of nitrogens with zero attached hydrogens (tertiary/aromatic N) is 2. The molecule has 5 rings (SSSR count). The lowest BCUT2D eigenvalue weighted by molar-refractivity contribution is -0.137. The summed E-state index contributed by atoms with van der Waals surface area (Å²) in [5.41, 5.74) is 11.3.